The van der Waals surface area contributed by atoms with Gasteiger partial charge in [0.15, 0.2) is 4.80 Å². The van der Waals surface area contributed by atoms with Gasteiger partial charge in [-0.1, -0.05) is 22.9 Å². The molecule has 178 valence electrons. The minimum Gasteiger partial charge on any atom is -0.383 e. The second kappa shape index (κ2) is 11.4. The number of rotatable bonds is 10. The molecule has 0 bridgehead atoms. The molecule has 11 heteroatoms. The summed E-state index contributed by atoms with van der Waals surface area (Å²) in [5.74, 6) is -0.450. The molecule has 1 aromatic heterocycles. The van der Waals surface area contributed by atoms with E-state index < -0.39 is 15.9 Å². The van der Waals surface area contributed by atoms with Gasteiger partial charge in [-0.2, -0.15) is 9.30 Å². The monoisotopic (exact) mass is 511 g/mol. The maximum absolute atomic E-state index is 13.0. The van der Waals surface area contributed by atoms with Crippen LogP contribution in [-0.4, -0.2) is 63.7 Å². The summed E-state index contributed by atoms with van der Waals surface area (Å²) in [6, 6.07) is 11.3. The van der Waals surface area contributed by atoms with E-state index in [1.54, 1.807) is 6.07 Å². The SMILES string of the molecule is CCn1c(=NC(=O)c2ccc(S(=O)(=O)N(CCOC)CCOC)cc2)sc2cc(Cl)ccc21. The van der Waals surface area contributed by atoms with Gasteiger partial charge >= 0.3 is 0 Å². The van der Waals surface area contributed by atoms with Crippen LogP contribution in [0.1, 0.15) is 17.3 Å². The van der Waals surface area contributed by atoms with E-state index in [2.05, 4.69) is 4.99 Å². The fraction of sp³-hybridized carbons (Fsp3) is 0.364. The van der Waals surface area contributed by atoms with Crippen LogP contribution in [-0.2, 0) is 26.0 Å². The van der Waals surface area contributed by atoms with Crippen LogP contribution in [0.5, 0.6) is 0 Å². The van der Waals surface area contributed by atoms with Crippen LogP contribution in [0.3, 0.4) is 0 Å². The van der Waals surface area contributed by atoms with Gasteiger partial charge < -0.3 is 14.0 Å². The predicted octanol–water partition coefficient (Wildman–Crippen LogP) is 3.40. The molecule has 0 unspecified atom stereocenters. The smallest absolute Gasteiger partial charge is 0.279 e. The Morgan fingerprint density at radius 1 is 1.09 bits per heavy atom. The lowest BCUT2D eigenvalue weighted by Gasteiger charge is -2.21. The number of amides is 1. The Balaban J connectivity index is 1.89. The van der Waals surface area contributed by atoms with Crippen LogP contribution < -0.4 is 4.80 Å². The summed E-state index contributed by atoms with van der Waals surface area (Å²) >= 11 is 7.47. The zero-order valence-corrected chi connectivity index (χ0v) is 21.0. The van der Waals surface area contributed by atoms with Crippen molar-refractivity contribution in [1.29, 1.82) is 0 Å². The third kappa shape index (κ3) is 5.89. The quantitative estimate of drug-likeness (QED) is 0.416. The van der Waals surface area contributed by atoms with Crippen molar-refractivity contribution in [2.45, 2.75) is 18.4 Å². The van der Waals surface area contributed by atoms with Crippen LogP contribution >= 0.6 is 22.9 Å². The van der Waals surface area contributed by atoms with Gasteiger partial charge in [-0.25, -0.2) is 8.42 Å². The number of aromatic nitrogens is 1. The fourth-order valence-electron chi connectivity index (χ4n) is 3.25. The molecule has 0 spiro atoms. The van der Waals surface area contributed by atoms with Gasteiger partial charge in [0.2, 0.25) is 10.0 Å². The molecule has 3 rings (SSSR count). The number of nitrogens with zero attached hydrogens (tertiary/aromatic N) is 3. The molecule has 0 fully saturated rings. The van der Waals surface area contributed by atoms with Crippen molar-refractivity contribution >= 4 is 49.1 Å². The highest BCUT2D eigenvalue weighted by Gasteiger charge is 2.24. The molecule has 8 nitrogen and oxygen atoms in total. The Labute approximate surface area is 202 Å². The minimum atomic E-state index is -3.76. The number of hydrogen-bond acceptors (Lipinski definition) is 6. The summed E-state index contributed by atoms with van der Waals surface area (Å²) < 4.78 is 40.3. The second-order valence-electron chi connectivity index (χ2n) is 7.07. The molecule has 0 saturated heterocycles. The van der Waals surface area contributed by atoms with Crippen LogP contribution in [0.25, 0.3) is 10.2 Å². The summed E-state index contributed by atoms with van der Waals surface area (Å²) in [4.78, 5) is 17.7. The molecular weight excluding hydrogens is 486 g/mol. The summed E-state index contributed by atoms with van der Waals surface area (Å²) in [5, 5.41) is 0.617. The van der Waals surface area contributed by atoms with E-state index in [0.717, 1.165) is 10.2 Å². The number of aryl methyl sites for hydroxylation is 1. The first-order valence-electron chi connectivity index (χ1n) is 10.3. The molecule has 33 heavy (non-hydrogen) atoms. The Kier molecular flexibility index (Phi) is 8.80. The molecule has 1 amide bonds. The molecule has 1 heterocycles. The molecule has 0 aliphatic heterocycles. The molecule has 3 aromatic rings. The Morgan fingerprint density at radius 3 is 2.30 bits per heavy atom. The average Bonchev–Trinajstić information content (AvgIpc) is 3.14. The number of carbonyl (C=O) groups is 1. The van der Waals surface area contributed by atoms with Gasteiger partial charge in [-0.05, 0) is 49.4 Å². The second-order valence-corrected chi connectivity index (χ2v) is 10.5. The lowest BCUT2D eigenvalue weighted by molar-refractivity contribution is 0.0997. The molecule has 0 radical (unpaired) electrons. The topological polar surface area (TPSA) is 90.2 Å². The standard InChI is InChI=1S/C22H26ClN3O5S2/c1-4-26-19-10-7-17(23)15-20(19)32-22(26)24-21(27)16-5-8-18(9-6-16)33(28,29)25(11-13-30-2)12-14-31-3/h5-10,15H,4,11-14H2,1-3H3. The average molecular weight is 512 g/mol. The van der Waals surface area contributed by atoms with Gasteiger partial charge in [0.05, 0.1) is 28.3 Å². The van der Waals surface area contributed by atoms with Gasteiger partial charge in [0, 0.05) is 44.4 Å². The number of benzene rings is 2. The Morgan fingerprint density at radius 2 is 1.73 bits per heavy atom. The summed E-state index contributed by atoms with van der Waals surface area (Å²) in [7, 11) is -0.737. The highest BCUT2D eigenvalue weighted by Crippen LogP contribution is 2.22. The van der Waals surface area contributed by atoms with Crippen LogP contribution in [0.2, 0.25) is 5.02 Å². The number of sulfonamides is 1. The third-order valence-corrected chi connectivity index (χ3v) is 8.18. The normalized spacial score (nSPS) is 12.7. The Bertz CT molecular complexity index is 1280. The zero-order chi connectivity index (χ0) is 24.0. The van der Waals surface area contributed by atoms with Gasteiger partial charge in [0.25, 0.3) is 5.91 Å². The van der Waals surface area contributed by atoms with E-state index in [0.29, 0.717) is 21.9 Å². The van der Waals surface area contributed by atoms with Gasteiger partial charge in [0.1, 0.15) is 0 Å². The van der Waals surface area contributed by atoms with Crippen molar-refractivity contribution in [2.75, 3.05) is 40.5 Å². The van der Waals surface area contributed by atoms with Crippen molar-refractivity contribution < 1.29 is 22.7 Å². The molecule has 0 atom stereocenters. The molecule has 2 aromatic carbocycles. The van der Waals surface area contributed by atoms with Crippen LogP contribution in [0.4, 0.5) is 0 Å². The minimum absolute atomic E-state index is 0.0892. The number of halogens is 1. The molecule has 0 N–H and O–H groups in total. The molecule has 0 aliphatic rings. The molecule has 0 aliphatic carbocycles. The van der Waals surface area contributed by atoms with Crippen molar-refractivity contribution in [3.8, 4) is 0 Å². The van der Waals surface area contributed by atoms with E-state index in [1.165, 1.54) is 54.1 Å². The number of fused-ring (bicyclic) bond motifs is 1. The maximum Gasteiger partial charge on any atom is 0.279 e. The third-order valence-electron chi connectivity index (χ3n) is 4.99. The van der Waals surface area contributed by atoms with Crippen molar-refractivity contribution in [3.05, 3.63) is 57.9 Å². The highest BCUT2D eigenvalue weighted by atomic mass is 35.5. The zero-order valence-electron chi connectivity index (χ0n) is 18.7. The lowest BCUT2D eigenvalue weighted by atomic mass is 10.2. The van der Waals surface area contributed by atoms with E-state index in [-0.39, 0.29) is 31.2 Å². The van der Waals surface area contributed by atoms with E-state index in [1.807, 2.05) is 23.6 Å². The largest absolute Gasteiger partial charge is 0.383 e. The summed E-state index contributed by atoms with van der Waals surface area (Å²) in [5.41, 5.74) is 1.25. The number of carbonyl (C=O) groups excluding carboxylic acids is 1. The Hall–Kier alpha value is -2.08. The van der Waals surface area contributed by atoms with Crippen LogP contribution in [0.15, 0.2) is 52.4 Å². The predicted molar refractivity (Wildman–Crippen MR) is 129 cm³/mol. The summed E-state index contributed by atoms with van der Waals surface area (Å²) in [6.07, 6.45) is 0. The summed E-state index contributed by atoms with van der Waals surface area (Å²) in [6.45, 7) is 3.54. The van der Waals surface area contributed by atoms with E-state index in [4.69, 9.17) is 21.1 Å². The highest BCUT2D eigenvalue weighted by molar-refractivity contribution is 7.89. The number of methoxy groups -OCH3 is 2. The van der Waals surface area contributed by atoms with Crippen LogP contribution in [0, 0.1) is 0 Å². The van der Waals surface area contributed by atoms with Gasteiger partial charge in [-0.3, -0.25) is 4.79 Å². The number of hydrogen-bond donors (Lipinski definition) is 0. The van der Waals surface area contributed by atoms with Crippen molar-refractivity contribution in [2.24, 2.45) is 4.99 Å². The number of ether oxygens (including phenoxy) is 2. The lowest BCUT2D eigenvalue weighted by Crippen LogP contribution is -2.36. The maximum atomic E-state index is 13.0. The van der Waals surface area contributed by atoms with Crippen molar-refractivity contribution in [3.63, 3.8) is 0 Å². The first-order chi connectivity index (χ1) is 15.8. The molecular formula is C22H26ClN3O5S2. The first kappa shape index (κ1) is 25.5. The van der Waals surface area contributed by atoms with Crippen molar-refractivity contribution in [1.82, 2.24) is 8.87 Å². The van der Waals surface area contributed by atoms with E-state index in [9.17, 15) is 13.2 Å². The molecule has 0 saturated carbocycles. The van der Waals surface area contributed by atoms with Gasteiger partial charge in [-0.15, -0.1) is 0 Å². The van der Waals surface area contributed by atoms with E-state index >= 15 is 0 Å². The fourth-order valence-corrected chi connectivity index (χ4v) is 6.02. The first-order valence-corrected chi connectivity index (χ1v) is 12.9. The number of thiazole rings is 1.